The first kappa shape index (κ1) is 10.8. The molecule has 1 aliphatic carbocycles. The summed E-state index contributed by atoms with van der Waals surface area (Å²) < 4.78 is 0. The minimum absolute atomic E-state index is 0. The Hall–Kier alpha value is 0.812. The summed E-state index contributed by atoms with van der Waals surface area (Å²) >= 11 is 0. The monoisotopic (exact) mass is 353 g/mol. The molecule has 0 aromatic heterocycles. The molecule has 1 N–H and O–H groups in total. The van der Waals surface area contributed by atoms with Gasteiger partial charge in [-0.15, -0.1) is 0 Å². The Bertz CT molecular complexity index is 154. The Kier molecular flexibility index (Phi) is 5.02. The minimum atomic E-state index is 0. The zero-order valence-corrected chi connectivity index (χ0v) is 10.6. The predicted octanol–water partition coefficient (Wildman–Crippen LogP) is 0.514. The smallest absolute Gasteiger partial charge is 0.158 e. The van der Waals surface area contributed by atoms with Crippen LogP contribution in [0.3, 0.4) is 0 Å². The number of hydrogen-bond donors (Lipinski definition) is 1. The van der Waals surface area contributed by atoms with E-state index in [2.05, 4.69) is 6.58 Å². The van der Waals surface area contributed by atoms with Crippen molar-refractivity contribution < 1.29 is 54.0 Å². The molecule has 0 aliphatic heterocycles. The first-order valence-corrected chi connectivity index (χ1v) is 3.08. The van der Waals surface area contributed by atoms with Crippen LogP contribution in [0.1, 0.15) is 12.8 Å². The van der Waals surface area contributed by atoms with E-state index in [0.717, 1.165) is 6.42 Å². The van der Waals surface area contributed by atoms with E-state index in [9.17, 15) is 4.79 Å². The molecule has 1 radical (unpaired) electrons. The van der Waals surface area contributed by atoms with E-state index < -0.39 is 0 Å². The summed E-state index contributed by atoms with van der Waals surface area (Å²) in [6, 6.07) is 0. The molecule has 0 aromatic carbocycles. The number of ketones is 1. The summed E-state index contributed by atoms with van der Waals surface area (Å²) in [6.45, 7) is 3.65. The summed E-state index contributed by atoms with van der Waals surface area (Å²) in [4.78, 5) is 10.7. The number of aliphatic hydroxyl groups excluding tert-OH is 1. The van der Waals surface area contributed by atoms with E-state index in [1.54, 1.807) is 0 Å². The summed E-state index contributed by atoms with van der Waals surface area (Å²) in [6.07, 6.45) is 1.36. The Labute approximate surface area is 96.2 Å². The SMILES string of the molecule is C=C1C(=O)CC[C@H]1CO.[Ac]. The molecule has 0 aromatic rings. The van der Waals surface area contributed by atoms with Gasteiger partial charge < -0.3 is 5.11 Å². The molecule has 3 heteroatoms. The average molecular weight is 353 g/mol. The van der Waals surface area contributed by atoms with Gasteiger partial charge in [-0.1, -0.05) is 6.58 Å². The van der Waals surface area contributed by atoms with E-state index >= 15 is 0 Å². The molecule has 0 saturated heterocycles. The van der Waals surface area contributed by atoms with Gasteiger partial charge in [-0.3, -0.25) is 4.79 Å². The first-order valence-electron chi connectivity index (χ1n) is 3.08. The fraction of sp³-hybridized carbons (Fsp3) is 0.571. The second-order valence-corrected chi connectivity index (χ2v) is 2.37. The Balaban J connectivity index is 0.000000810. The van der Waals surface area contributed by atoms with Crippen molar-refractivity contribution in [3.05, 3.63) is 12.2 Å². The number of rotatable bonds is 1. The van der Waals surface area contributed by atoms with E-state index in [1.165, 1.54) is 0 Å². The number of aliphatic hydroxyl groups is 1. The topological polar surface area (TPSA) is 37.3 Å². The van der Waals surface area contributed by atoms with Crippen LogP contribution < -0.4 is 0 Å². The molecule has 0 heterocycles. The van der Waals surface area contributed by atoms with E-state index in [4.69, 9.17) is 5.11 Å². The third-order valence-corrected chi connectivity index (χ3v) is 1.79. The molecule has 53 valence electrons. The molecule has 1 rings (SSSR count). The quantitative estimate of drug-likeness (QED) is 0.698. The molecular weight excluding hydrogens is 343 g/mol. The second kappa shape index (κ2) is 4.64. The Morgan fingerprint density at radius 3 is 2.50 bits per heavy atom. The molecule has 0 unspecified atom stereocenters. The van der Waals surface area contributed by atoms with Gasteiger partial charge in [0.25, 0.3) is 0 Å². The van der Waals surface area contributed by atoms with Gasteiger partial charge in [0.1, 0.15) is 0 Å². The van der Waals surface area contributed by atoms with Crippen molar-refractivity contribution in [2.45, 2.75) is 12.8 Å². The standard InChI is InChI=1S/C7H10O2.Ac/c1-5-6(4-8)2-3-7(5)9;/h6,8H,1-4H2;/t6-;/m0./s1. The maximum absolute atomic E-state index is 10.7. The first-order chi connectivity index (χ1) is 4.25. The molecule has 0 amide bonds. The van der Waals surface area contributed by atoms with Crippen molar-refractivity contribution in [2.24, 2.45) is 5.92 Å². The van der Waals surface area contributed by atoms with Crippen LogP contribution in [0, 0.1) is 50.0 Å². The van der Waals surface area contributed by atoms with Gasteiger partial charge in [-0.2, -0.15) is 0 Å². The van der Waals surface area contributed by atoms with E-state index in [-0.39, 0.29) is 62.4 Å². The summed E-state index contributed by atoms with van der Waals surface area (Å²) in [5.74, 6) is 0.173. The maximum atomic E-state index is 10.7. The van der Waals surface area contributed by atoms with Crippen molar-refractivity contribution >= 4 is 5.78 Å². The van der Waals surface area contributed by atoms with Gasteiger partial charge in [0.05, 0.1) is 6.61 Å². The average Bonchev–Trinajstić information content (AvgIpc) is 2.15. The van der Waals surface area contributed by atoms with E-state index in [0.29, 0.717) is 12.0 Å². The molecule has 1 fully saturated rings. The van der Waals surface area contributed by atoms with E-state index in [1.807, 2.05) is 0 Å². The van der Waals surface area contributed by atoms with Crippen molar-refractivity contribution in [1.29, 1.82) is 0 Å². The molecule has 1 saturated carbocycles. The van der Waals surface area contributed by atoms with Crippen LogP contribution in [0.15, 0.2) is 12.2 Å². The normalized spacial score (nSPS) is 24.7. The molecule has 10 heavy (non-hydrogen) atoms. The van der Waals surface area contributed by atoms with Crippen molar-refractivity contribution in [3.8, 4) is 0 Å². The van der Waals surface area contributed by atoms with Crippen molar-refractivity contribution in [1.82, 2.24) is 0 Å². The summed E-state index contributed by atoms with van der Waals surface area (Å²) in [7, 11) is 0. The van der Waals surface area contributed by atoms with Gasteiger partial charge in [-0.25, -0.2) is 0 Å². The summed E-state index contributed by atoms with van der Waals surface area (Å²) in [5.41, 5.74) is 0.609. The number of Topliss-reactive ketones (excluding diaryl/α,β-unsaturated/α-hetero) is 1. The van der Waals surface area contributed by atoms with Crippen LogP contribution in [0.4, 0.5) is 0 Å². The van der Waals surface area contributed by atoms with Crippen LogP contribution >= 0.6 is 0 Å². The number of carbonyl (C=O) groups excluding carboxylic acids is 1. The Morgan fingerprint density at radius 1 is 1.70 bits per heavy atom. The molecule has 0 bridgehead atoms. The molecule has 1 aliphatic rings. The molecule has 2 nitrogen and oxygen atoms in total. The van der Waals surface area contributed by atoms with Gasteiger partial charge in [0.2, 0.25) is 0 Å². The fourth-order valence-corrected chi connectivity index (χ4v) is 1.07. The molecule has 0 spiro atoms. The number of hydrogen-bond acceptors (Lipinski definition) is 2. The molecule has 1 atom stereocenters. The predicted molar refractivity (Wildman–Crippen MR) is 34.0 cm³/mol. The van der Waals surface area contributed by atoms with Crippen LogP contribution in [0.2, 0.25) is 0 Å². The van der Waals surface area contributed by atoms with Gasteiger partial charge >= 0.3 is 0 Å². The third kappa shape index (κ3) is 2.15. The van der Waals surface area contributed by atoms with Crippen LogP contribution in [-0.2, 0) is 4.79 Å². The Morgan fingerprint density at radius 2 is 2.30 bits per heavy atom. The largest absolute Gasteiger partial charge is 0.396 e. The van der Waals surface area contributed by atoms with Crippen molar-refractivity contribution in [2.75, 3.05) is 6.61 Å². The second-order valence-electron chi connectivity index (χ2n) is 2.37. The van der Waals surface area contributed by atoms with Crippen LogP contribution in [0.25, 0.3) is 0 Å². The van der Waals surface area contributed by atoms with Gasteiger partial charge in [-0.05, 0) is 12.0 Å². The van der Waals surface area contributed by atoms with Crippen LogP contribution in [0.5, 0.6) is 0 Å². The maximum Gasteiger partial charge on any atom is 0.158 e. The van der Waals surface area contributed by atoms with Gasteiger partial charge in [0, 0.05) is 56.4 Å². The number of carbonyl (C=O) groups is 1. The summed E-state index contributed by atoms with van der Waals surface area (Å²) in [5, 5.41) is 8.64. The van der Waals surface area contributed by atoms with Gasteiger partial charge in [0.15, 0.2) is 5.78 Å². The fourth-order valence-electron chi connectivity index (χ4n) is 1.07. The van der Waals surface area contributed by atoms with Crippen LogP contribution in [-0.4, -0.2) is 17.5 Å². The zero-order chi connectivity index (χ0) is 6.85. The molecular formula is C7H10AcO2. The minimum Gasteiger partial charge on any atom is -0.396 e. The third-order valence-electron chi connectivity index (χ3n) is 1.79. The zero-order valence-electron chi connectivity index (χ0n) is 5.84. The van der Waals surface area contributed by atoms with Crippen molar-refractivity contribution in [3.63, 3.8) is 0 Å².